The Hall–Kier alpha value is -2.45. The van der Waals surface area contributed by atoms with E-state index < -0.39 is 18.0 Å². The van der Waals surface area contributed by atoms with Crippen LogP contribution in [0.15, 0.2) is 30.5 Å². The normalized spacial score (nSPS) is 20.1. The molecule has 0 saturated heterocycles. The van der Waals surface area contributed by atoms with Crippen LogP contribution in [0.3, 0.4) is 0 Å². The molecule has 3 N–H and O–H groups in total. The maximum absolute atomic E-state index is 13.6. The summed E-state index contributed by atoms with van der Waals surface area (Å²) in [4.78, 5) is 16.5. The van der Waals surface area contributed by atoms with Crippen LogP contribution >= 0.6 is 0 Å². The standard InChI is InChI=1S/C28H37BFN3O3/c1-17(34)33-23(12-18-6-7-22(30)21(29)11-18)25(35)16-31-24-14-28(8-5-9-28)36-26-20(24)10-19(15-32-26)13-27(2,3)4/h6-7,10-11,15,23-25,31,35H,5,8-9,12-14,16H2,1-4H3,(H,33,34)/t23-,24-,25+/m0/s1. The molecule has 192 valence electrons. The fourth-order valence-corrected chi connectivity index (χ4v) is 5.27. The van der Waals surface area contributed by atoms with E-state index in [0.717, 1.165) is 48.8 Å². The molecule has 8 heteroatoms. The number of aliphatic hydroxyl groups is 1. The van der Waals surface area contributed by atoms with E-state index in [1.54, 1.807) is 12.1 Å². The molecule has 6 nitrogen and oxygen atoms in total. The molecule has 1 aromatic carbocycles. The summed E-state index contributed by atoms with van der Waals surface area (Å²) in [6, 6.07) is 6.08. The summed E-state index contributed by atoms with van der Waals surface area (Å²) in [6.07, 6.45) is 6.23. The largest absolute Gasteiger partial charge is 0.471 e. The number of fused-ring (bicyclic) bond motifs is 1. The number of ether oxygens (including phenoxy) is 1. The van der Waals surface area contributed by atoms with Crippen molar-refractivity contribution >= 4 is 19.2 Å². The van der Waals surface area contributed by atoms with Crippen LogP contribution < -0.4 is 20.8 Å². The summed E-state index contributed by atoms with van der Waals surface area (Å²) in [6.45, 7) is 8.30. The molecular formula is C28H37BFN3O3. The van der Waals surface area contributed by atoms with Crippen molar-refractivity contribution in [1.82, 2.24) is 15.6 Å². The maximum atomic E-state index is 13.6. The van der Waals surface area contributed by atoms with E-state index in [4.69, 9.17) is 12.6 Å². The number of benzene rings is 1. The molecule has 36 heavy (non-hydrogen) atoms. The molecule has 3 atom stereocenters. The number of carbonyl (C=O) groups is 1. The Morgan fingerprint density at radius 2 is 2.06 bits per heavy atom. The van der Waals surface area contributed by atoms with Crippen LogP contribution in [-0.2, 0) is 17.6 Å². The Morgan fingerprint density at radius 1 is 1.31 bits per heavy atom. The topological polar surface area (TPSA) is 83.5 Å². The lowest BCUT2D eigenvalue weighted by atomic mass is 9.73. The van der Waals surface area contributed by atoms with Crippen molar-refractivity contribution in [3.05, 3.63) is 53.0 Å². The quantitative estimate of drug-likeness (QED) is 0.493. The Bertz CT molecular complexity index is 1100. The van der Waals surface area contributed by atoms with Crippen LogP contribution in [0.5, 0.6) is 5.88 Å². The number of amides is 1. The van der Waals surface area contributed by atoms with Crippen molar-refractivity contribution in [2.75, 3.05) is 6.54 Å². The van der Waals surface area contributed by atoms with Gasteiger partial charge in [-0.1, -0.05) is 38.4 Å². The third-order valence-electron chi connectivity index (χ3n) is 7.14. The molecule has 2 aliphatic rings. The second kappa shape index (κ2) is 10.5. The summed E-state index contributed by atoms with van der Waals surface area (Å²) in [7, 11) is 5.71. The fourth-order valence-electron chi connectivity index (χ4n) is 5.27. The third kappa shape index (κ3) is 6.46. The van der Waals surface area contributed by atoms with Crippen molar-refractivity contribution in [1.29, 1.82) is 0 Å². The van der Waals surface area contributed by atoms with E-state index in [2.05, 4.69) is 42.5 Å². The summed E-state index contributed by atoms with van der Waals surface area (Å²) in [5.41, 5.74) is 2.90. The number of carbonyl (C=O) groups excluding carboxylic acids is 1. The van der Waals surface area contributed by atoms with E-state index >= 15 is 0 Å². The van der Waals surface area contributed by atoms with E-state index in [0.29, 0.717) is 12.3 Å². The lowest BCUT2D eigenvalue weighted by Gasteiger charge is -2.47. The van der Waals surface area contributed by atoms with E-state index in [9.17, 15) is 14.3 Å². The zero-order chi connectivity index (χ0) is 26.1. The van der Waals surface area contributed by atoms with Gasteiger partial charge in [0.25, 0.3) is 0 Å². The van der Waals surface area contributed by atoms with Gasteiger partial charge in [0, 0.05) is 37.7 Å². The van der Waals surface area contributed by atoms with E-state index in [1.165, 1.54) is 13.0 Å². The number of aliphatic hydroxyl groups excluding tert-OH is 1. The summed E-state index contributed by atoms with van der Waals surface area (Å²) in [5.74, 6) is -0.0552. The predicted molar refractivity (Wildman–Crippen MR) is 139 cm³/mol. The van der Waals surface area contributed by atoms with Gasteiger partial charge in [-0.3, -0.25) is 4.79 Å². The number of pyridine rings is 1. The fraction of sp³-hybridized carbons (Fsp3) is 0.571. The summed E-state index contributed by atoms with van der Waals surface area (Å²) >= 11 is 0. The predicted octanol–water partition coefficient (Wildman–Crippen LogP) is 3.05. The van der Waals surface area contributed by atoms with Crippen molar-refractivity contribution < 1.29 is 19.0 Å². The minimum atomic E-state index is -0.866. The molecule has 0 bridgehead atoms. The van der Waals surface area contributed by atoms with Crippen molar-refractivity contribution in [2.45, 2.75) is 90.0 Å². The summed E-state index contributed by atoms with van der Waals surface area (Å²) < 4.78 is 20.0. The maximum Gasteiger partial charge on any atom is 0.218 e. The second-order valence-corrected chi connectivity index (χ2v) is 11.7. The minimum absolute atomic E-state index is 0.0180. The first-order chi connectivity index (χ1) is 16.9. The first kappa shape index (κ1) is 26.6. The highest BCUT2D eigenvalue weighted by Crippen LogP contribution is 2.48. The molecule has 1 fully saturated rings. The van der Waals surface area contributed by atoms with Crippen LogP contribution in [0.1, 0.15) is 76.1 Å². The van der Waals surface area contributed by atoms with Gasteiger partial charge in [-0.2, -0.15) is 0 Å². The lowest BCUT2D eigenvalue weighted by molar-refractivity contribution is -0.120. The molecule has 1 amide bonds. The Morgan fingerprint density at radius 3 is 2.67 bits per heavy atom. The number of aromatic nitrogens is 1. The number of hydrogen-bond donors (Lipinski definition) is 3. The van der Waals surface area contributed by atoms with Crippen LogP contribution in [0.25, 0.3) is 0 Å². The zero-order valence-corrected chi connectivity index (χ0v) is 21.7. The molecule has 1 aliphatic heterocycles. The molecule has 1 spiro atoms. The van der Waals surface area contributed by atoms with Crippen molar-refractivity contribution in [3.63, 3.8) is 0 Å². The average molecular weight is 493 g/mol. The van der Waals surface area contributed by atoms with Gasteiger partial charge in [0.1, 0.15) is 19.3 Å². The smallest absolute Gasteiger partial charge is 0.218 e. The highest BCUT2D eigenvalue weighted by Gasteiger charge is 2.46. The Kier molecular flexibility index (Phi) is 7.76. The number of halogens is 1. The van der Waals surface area contributed by atoms with E-state index in [-0.39, 0.29) is 35.0 Å². The average Bonchev–Trinajstić information content (AvgIpc) is 2.76. The van der Waals surface area contributed by atoms with E-state index in [1.807, 2.05) is 6.20 Å². The Balaban J connectivity index is 1.50. The second-order valence-electron chi connectivity index (χ2n) is 11.7. The molecule has 1 saturated carbocycles. The lowest BCUT2D eigenvalue weighted by Crippen LogP contribution is -2.52. The van der Waals surface area contributed by atoms with Gasteiger partial charge in [0.05, 0.1) is 12.1 Å². The minimum Gasteiger partial charge on any atom is -0.471 e. The zero-order valence-electron chi connectivity index (χ0n) is 21.7. The van der Waals surface area contributed by atoms with Crippen LogP contribution in [-0.4, -0.2) is 48.1 Å². The molecular weight excluding hydrogens is 456 g/mol. The number of hydrogen-bond acceptors (Lipinski definition) is 5. The molecule has 0 unspecified atom stereocenters. The van der Waals surface area contributed by atoms with Crippen molar-refractivity contribution in [2.24, 2.45) is 5.41 Å². The van der Waals surface area contributed by atoms with Gasteiger partial charge >= 0.3 is 0 Å². The molecule has 2 aromatic rings. The SMILES string of the molecule is [B]c1cc(C[C@H](NC(C)=O)[C@H](O)CN[C@H]2CC3(CCC3)Oc3ncc(CC(C)(C)C)cc32)ccc1F. The third-order valence-corrected chi connectivity index (χ3v) is 7.14. The van der Waals surface area contributed by atoms with Gasteiger partial charge in [-0.05, 0) is 60.8 Å². The molecule has 1 aliphatic carbocycles. The van der Waals surface area contributed by atoms with Gasteiger partial charge in [-0.25, -0.2) is 9.37 Å². The molecule has 2 radical (unpaired) electrons. The first-order valence-electron chi connectivity index (χ1n) is 12.8. The Labute approximate surface area is 214 Å². The summed E-state index contributed by atoms with van der Waals surface area (Å²) in [5, 5.41) is 17.5. The van der Waals surface area contributed by atoms with Gasteiger partial charge in [0.15, 0.2) is 0 Å². The molecule has 2 heterocycles. The number of rotatable bonds is 8. The van der Waals surface area contributed by atoms with Crippen LogP contribution in [0.4, 0.5) is 4.39 Å². The van der Waals surface area contributed by atoms with Gasteiger partial charge in [0.2, 0.25) is 11.8 Å². The molecule has 1 aromatic heterocycles. The number of nitrogens with zero attached hydrogens (tertiary/aromatic N) is 1. The number of nitrogens with one attached hydrogen (secondary N) is 2. The molecule has 4 rings (SSSR count). The highest BCUT2D eigenvalue weighted by atomic mass is 19.1. The van der Waals surface area contributed by atoms with Gasteiger partial charge < -0.3 is 20.5 Å². The van der Waals surface area contributed by atoms with Crippen LogP contribution in [0.2, 0.25) is 0 Å². The van der Waals surface area contributed by atoms with Crippen molar-refractivity contribution in [3.8, 4) is 5.88 Å². The first-order valence-corrected chi connectivity index (χ1v) is 12.8. The highest BCUT2D eigenvalue weighted by molar-refractivity contribution is 6.32. The monoisotopic (exact) mass is 493 g/mol. The van der Waals surface area contributed by atoms with Gasteiger partial charge in [-0.15, -0.1) is 0 Å². The van der Waals surface area contributed by atoms with Crippen LogP contribution in [0, 0.1) is 11.2 Å².